The summed E-state index contributed by atoms with van der Waals surface area (Å²) in [7, 11) is 0. The number of ketones is 1. The quantitative estimate of drug-likeness (QED) is 0.514. The molecule has 6 heteroatoms. The molecule has 1 saturated carbocycles. The summed E-state index contributed by atoms with van der Waals surface area (Å²) < 4.78 is 6.09. The molecule has 0 N–H and O–H groups in total. The molecule has 1 aromatic heterocycles. The number of ether oxygens (including phenoxy) is 1. The number of aryl methyl sites for hydroxylation is 2. The molecule has 0 radical (unpaired) electrons. The third-order valence-corrected chi connectivity index (χ3v) is 5.52. The maximum Gasteiger partial charge on any atom is 0.373 e. The van der Waals surface area contributed by atoms with Crippen molar-refractivity contribution in [2.45, 2.75) is 39.5 Å². The first-order valence-corrected chi connectivity index (χ1v) is 10.1. The summed E-state index contributed by atoms with van der Waals surface area (Å²) in [5.74, 6) is 2.27. The van der Waals surface area contributed by atoms with Gasteiger partial charge in [0.2, 0.25) is 0 Å². The minimum absolute atomic E-state index is 0.250. The molecule has 0 aliphatic heterocycles. The molecule has 0 bridgehead atoms. The number of halogens is 1. The fourth-order valence-electron chi connectivity index (χ4n) is 3.26. The molecule has 1 heterocycles. The number of carbonyl (C=O) groups is 1. The number of pyridine rings is 1. The molecule has 2 aromatic carbocycles. The zero-order chi connectivity index (χ0) is 21.7. The van der Waals surface area contributed by atoms with Crippen LogP contribution < -0.4 is 4.74 Å². The summed E-state index contributed by atoms with van der Waals surface area (Å²) in [4.78, 5) is 32.8. The van der Waals surface area contributed by atoms with E-state index in [1.807, 2.05) is 18.2 Å². The van der Waals surface area contributed by atoms with E-state index in [1.54, 1.807) is 12.3 Å². The number of Topliss-reactive ketones (excluding diaryl/α,β-unsaturated/α-hetero) is 1. The minimum Gasteiger partial charge on any atom is -0.457 e. The van der Waals surface area contributed by atoms with E-state index in [9.17, 15) is 4.79 Å². The molecule has 0 saturated heterocycles. The molecular weight excluding hydrogens is 402 g/mol. The largest absolute Gasteiger partial charge is 0.457 e. The third kappa shape index (κ3) is 5.53. The number of hydrogen-bond donors (Lipinski definition) is 0. The first kappa shape index (κ1) is 21.7. The maximum absolute atomic E-state index is 12.1. The summed E-state index contributed by atoms with van der Waals surface area (Å²) in [6.45, 7) is 4.16. The molecule has 4 rings (SSSR count). The van der Waals surface area contributed by atoms with E-state index >= 15 is 0 Å². The Morgan fingerprint density at radius 3 is 2.50 bits per heavy atom. The second kappa shape index (κ2) is 9.66. The highest BCUT2D eigenvalue weighted by Crippen LogP contribution is 2.34. The monoisotopic (exact) mass is 423 g/mol. The van der Waals surface area contributed by atoms with Gasteiger partial charge in [0.05, 0.1) is 5.52 Å². The van der Waals surface area contributed by atoms with Gasteiger partial charge in [-0.05, 0) is 79.6 Å². The molecule has 1 aliphatic rings. The van der Waals surface area contributed by atoms with Crippen molar-refractivity contribution in [1.82, 2.24) is 4.98 Å². The normalized spacial score (nSPS) is 12.6. The standard InChI is InChI=1S/C23H22ClNO2.CO2/c1-14-9-20-22(10-15(14)2)25-8-7-23(20)27-19-6-5-17(21(24)13-19)12-18(26)11-16-3-4-16;2-1-3/h5-10,13,16H,3-4,11-12H2,1-2H3;. The zero-order valence-corrected chi connectivity index (χ0v) is 17.7. The maximum atomic E-state index is 12.1. The summed E-state index contributed by atoms with van der Waals surface area (Å²) in [6.07, 6.45) is 5.44. The summed E-state index contributed by atoms with van der Waals surface area (Å²) in [6, 6.07) is 11.6. The van der Waals surface area contributed by atoms with Crippen LogP contribution in [0.3, 0.4) is 0 Å². The van der Waals surface area contributed by atoms with Gasteiger partial charge in [0.1, 0.15) is 17.3 Å². The van der Waals surface area contributed by atoms with Crippen LogP contribution in [0, 0.1) is 19.8 Å². The van der Waals surface area contributed by atoms with Crippen molar-refractivity contribution in [2.75, 3.05) is 0 Å². The van der Waals surface area contributed by atoms with E-state index in [0.29, 0.717) is 29.5 Å². The van der Waals surface area contributed by atoms with E-state index < -0.39 is 0 Å². The number of benzene rings is 2. The molecule has 0 spiro atoms. The predicted molar refractivity (Wildman–Crippen MR) is 114 cm³/mol. The van der Waals surface area contributed by atoms with Crippen molar-refractivity contribution >= 4 is 34.4 Å². The molecule has 154 valence electrons. The van der Waals surface area contributed by atoms with Gasteiger partial charge in [0, 0.05) is 29.4 Å². The number of fused-ring (bicyclic) bond motifs is 1. The van der Waals surface area contributed by atoms with Gasteiger partial charge in [-0.1, -0.05) is 17.7 Å². The zero-order valence-electron chi connectivity index (χ0n) is 16.9. The average molecular weight is 424 g/mol. The number of nitrogens with zero attached hydrogens (tertiary/aromatic N) is 1. The summed E-state index contributed by atoms with van der Waals surface area (Å²) in [5, 5.41) is 1.54. The lowest BCUT2D eigenvalue weighted by molar-refractivity contribution is -0.191. The second-order valence-electron chi connectivity index (χ2n) is 7.56. The number of hydrogen-bond acceptors (Lipinski definition) is 5. The SMILES string of the molecule is Cc1cc2nccc(Oc3ccc(CC(=O)CC4CC4)c(Cl)c3)c2cc1C.O=C=O. The summed E-state index contributed by atoms with van der Waals surface area (Å²) in [5.41, 5.74) is 4.17. The van der Waals surface area contributed by atoms with Crippen molar-refractivity contribution in [3.8, 4) is 11.5 Å². The number of rotatable bonds is 6. The molecule has 1 aliphatic carbocycles. The summed E-state index contributed by atoms with van der Waals surface area (Å²) >= 11 is 6.41. The van der Waals surface area contributed by atoms with E-state index in [2.05, 4.69) is 31.0 Å². The fraction of sp³-hybridized carbons (Fsp3) is 0.292. The Bertz CT molecular complexity index is 1120. The lowest BCUT2D eigenvalue weighted by Gasteiger charge is -2.12. The van der Waals surface area contributed by atoms with Crippen molar-refractivity contribution in [3.63, 3.8) is 0 Å². The molecule has 5 nitrogen and oxygen atoms in total. The van der Waals surface area contributed by atoms with Crippen LogP contribution in [0.5, 0.6) is 11.5 Å². The number of carbonyl (C=O) groups excluding carboxylic acids is 3. The van der Waals surface area contributed by atoms with Gasteiger partial charge in [-0.15, -0.1) is 0 Å². The molecule has 1 fully saturated rings. The highest BCUT2D eigenvalue weighted by atomic mass is 35.5. The Morgan fingerprint density at radius 1 is 1.13 bits per heavy atom. The molecule has 3 aromatic rings. The molecular formula is C24H22ClNO4. The smallest absolute Gasteiger partial charge is 0.373 e. The second-order valence-corrected chi connectivity index (χ2v) is 7.97. The third-order valence-electron chi connectivity index (χ3n) is 5.17. The van der Waals surface area contributed by atoms with Crippen LogP contribution in [-0.4, -0.2) is 16.9 Å². The highest BCUT2D eigenvalue weighted by molar-refractivity contribution is 6.31. The van der Waals surface area contributed by atoms with E-state index in [1.165, 1.54) is 24.0 Å². The Hall–Kier alpha value is -3.01. The molecule has 0 atom stereocenters. The Labute approximate surface area is 180 Å². The van der Waals surface area contributed by atoms with Crippen LogP contribution in [0.2, 0.25) is 5.02 Å². The lowest BCUT2D eigenvalue weighted by Crippen LogP contribution is -2.04. The lowest BCUT2D eigenvalue weighted by atomic mass is 10.0. The van der Waals surface area contributed by atoms with Crippen LogP contribution >= 0.6 is 11.6 Å². The van der Waals surface area contributed by atoms with Crippen LogP contribution in [-0.2, 0) is 20.8 Å². The number of aromatic nitrogens is 1. The van der Waals surface area contributed by atoms with Crippen LogP contribution in [0.15, 0.2) is 42.6 Å². The van der Waals surface area contributed by atoms with Crippen molar-refractivity contribution in [3.05, 3.63) is 64.3 Å². The average Bonchev–Trinajstić information content (AvgIpc) is 3.50. The van der Waals surface area contributed by atoms with Gasteiger partial charge in [-0.25, -0.2) is 0 Å². The van der Waals surface area contributed by atoms with E-state index in [-0.39, 0.29) is 11.9 Å². The fourth-order valence-corrected chi connectivity index (χ4v) is 3.50. The molecule has 30 heavy (non-hydrogen) atoms. The van der Waals surface area contributed by atoms with Gasteiger partial charge >= 0.3 is 6.15 Å². The predicted octanol–water partition coefficient (Wildman–Crippen LogP) is 5.63. The van der Waals surface area contributed by atoms with Gasteiger partial charge in [-0.3, -0.25) is 9.78 Å². The first-order chi connectivity index (χ1) is 14.4. The van der Waals surface area contributed by atoms with Crippen LogP contribution in [0.1, 0.15) is 36.0 Å². The Balaban J connectivity index is 0.000000806. The molecule has 0 unspecified atom stereocenters. The van der Waals surface area contributed by atoms with Crippen molar-refractivity contribution < 1.29 is 19.1 Å². The highest BCUT2D eigenvalue weighted by Gasteiger charge is 2.24. The van der Waals surface area contributed by atoms with Crippen molar-refractivity contribution in [1.29, 1.82) is 0 Å². The van der Waals surface area contributed by atoms with Gasteiger partial charge in [-0.2, -0.15) is 9.59 Å². The van der Waals surface area contributed by atoms with Crippen molar-refractivity contribution in [2.24, 2.45) is 5.92 Å². The van der Waals surface area contributed by atoms with E-state index in [4.69, 9.17) is 25.9 Å². The Kier molecular flexibility index (Phi) is 6.99. The van der Waals surface area contributed by atoms with Crippen LogP contribution in [0.4, 0.5) is 0 Å². The van der Waals surface area contributed by atoms with Gasteiger partial charge < -0.3 is 4.74 Å². The van der Waals surface area contributed by atoms with Gasteiger partial charge in [0.25, 0.3) is 0 Å². The minimum atomic E-state index is 0.250. The van der Waals surface area contributed by atoms with Crippen LogP contribution in [0.25, 0.3) is 10.9 Å². The molecule has 0 amide bonds. The Morgan fingerprint density at radius 2 is 1.83 bits per heavy atom. The first-order valence-electron chi connectivity index (χ1n) is 9.74. The van der Waals surface area contributed by atoms with Gasteiger partial charge in [0.15, 0.2) is 0 Å². The van der Waals surface area contributed by atoms with E-state index in [0.717, 1.165) is 22.2 Å². The topological polar surface area (TPSA) is 73.3 Å².